The number of carboxylic acid groups (broad SMARTS) is 1. The van der Waals surface area contributed by atoms with Crippen molar-refractivity contribution in [1.29, 1.82) is 0 Å². The molecule has 0 saturated heterocycles. The molecule has 2 aromatic carbocycles. The number of carboxylic acids is 1. The molecule has 0 bridgehead atoms. The molecule has 5 rings (SSSR count). The first-order valence-electron chi connectivity index (χ1n) is 15.5. The van der Waals surface area contributed by atoms with E-state index < -0.39 is 11.9 Å². The second kappa shape index (κ2) is 17.5. The summed E-state index contributed by atoms with van der Waals surface area (Å²) in [5.41, 5.74) is 9.19. The Kier molecular flexibility index (Phi) is 14.0. The van der Waals surface area contributed by atoms with Crippen molar-refractivity contribution in [2.45, 2.75) is 65.3 Å². The van der Waals surface area contributed by atoms with Gasteiger partial charge in [0.15, 0.2) is 5.13 Å². The fourth-order valence-corrected chi connectivity index (χ4v) is 7.32. The number of halogens is 1. The van der Waals surface area contributed by atoms with Gasteiger partial charge in [0.1, 0.15) is 23.7 Å². The molecule has 1 amide bonds. The maximum atomic E-state index is 13.7. The van der Waals surface area contributed by atoms with Gasteiger partial charge in [-0.3, -0.25) is 14.9 Å². The molecule has 11 nitrogen and oxygen atoms in total. The third-order valence-electron chi connectivity index (χ3n) is 8.13. The molecule has 256 valence electrons. The number of hydrogen-bond acceptors (Lipinski definition) is 8. The third kappa shape index (κ3) is 9.23. The number of thiazole rings is 1. The summed E-state index contributed by atoms with van der Waals surface area (Å²) in [7, 11) is 3.15. The van der Waals surface area contributed by atoms with Crippen LogP contribution in [0.3, 0.4) is 0 Å². The molecule has 13 heteroatoms. The number of rotatable bonds is 11. The number of aryl methyl sites for hydroxylation is 3. The van der Waals surface area contributed by atoms with Crippen LogP contribution >= 0.6 is 22.9 Å². The number of nitrogens with two attached hydrogens (primary N) is 1. The van der Waals surface area contributed by atoms with Crippen LogP contribution in [0.4, 0.5) is 5.13 Å². The highest BCUT2D eigenvalue weighted by atomic mass is 35.5. The largest absolute Gasteiger partial charge is 0.496 e. The summed E-state index contributed by atoms with van der Waals surface area (Å²) in [6, 6.07) is 9.23. The number of nitrogens with one attached hydrogen (secondary N) is 1. The summed E-state index contributed by atoms with van der Waals surface area (Å²) in [5.74, 6) is 0.311. The van der Waals surface area contributed by atoms with Crippen LogP contribution in [-0.4, -0.2) is 64.5 Å². The number of hydrogen-bond donors (Lipinski definition) is 4. The van der Waals surface area contributed by atoms with E-state index in [0.29, 0.717) is 34.1 Å². The molecule has 1 aliphatic carbocycles. The summed E-state index contributed by atoms with van der Waals surface area (Å²) >= 11 is 7.83. The molecule has 0 spiro atoms. The van der Waals surface area contributed by atoms with Crippen molar-refractivity contribution in [2.24, 2.45) is 11.7 Å². The smallest absolute Gasteiger partial charge is 0.323 e. The van der Waals surface area contributed by atoms with Gasteiger partial charge in [0.2, 0.25) is 0 Å². The minimum atomic E-state index is -1.02. The number of anilines is 1. The minimum absolute atomic E-state index is 0. The molecule has 1 aliphatic rings. The summed E-state index contributed by atoms with van der Waals surface area (Å²) < 4.78 is 12.7. The summed E-state index contributed by atoms with van der Waals surface area (Å²) in [4.78, 5) is 31.4. The molecular weight excluding hydrogens is 644 g/mol. The number of aromatic nitrogens is 2. The van der Waals surface area contributed by atoms with Crippen LogP contribution in [0, 0.1) is 19.8 Å². The van der Waals surface area contributed by atoms with Gasteiger partial charge in [0.05, 0.1) is 37.1 Å². The normalized spacial score (nSPS) is 13.0. The van der Waals surface area contributed by atoms with Crippen molar-refractivity contribution in [1.82, 2.24) is 9.55 Å². The van der Waals surface area contributed by atoms with Crippen LogP contribution in [0.5, 0.6) is 11.5 Å². The first kappa shape index (κ1) is 37.8. The van der Waals surface area contributed by atoms with E-state index in [1.165, 1.54) is 43.4 Å². The van der Waals surface area contributed by atoms with Crippen LogP contribution in [-0.2, 0) is 17.8 Å². The number of methoxy groups -OCH3 is 2. The molecular formula is C34H45ClN4O7S. The van der Waals surface area contributed by atoms with Crippen molar-refractivity contribution in [2.75, 3.05) is 32.7 Å². The number of aliphatic hydroxyl groups excluding tert-OH is 1. The van der Waals surface area contributed by atoms with Crippen molar-refractivity contribution < 1.29 is 34.8 Å². The minimum Gasteiger partial charge on any atom is -0.496 e. The number of benzene rings is 2. The van der Waals surface area contributed by atoms with Gasteiger partial charge in [-0.25, -0.2) is 4.98 Å². The fourth-order valence-electron chi connectivity index (χ4n) is 6.11. The third-order valence-corrected chi connectivity index (χ3v) is 9.46. The Bertz CT molecular complexity index is 1680. The van der Waals surface area contributed by atoms with E-state index >= 15 is 0 Å². The van der Waals surface area contributed by atoms with Gasteiger partial charge in [-0.15, -0.1) is 11.3 Å². The Morgan fingerprint density at radius 3 is 2.38 bits per heavy atom. The molecule has 2 aromatic heterocycles. The van der Waals surface area contributed by atoms with Gasteiger partial charge in [-0.1, -0.05) is 55.3 Å². The van der Waals surface area contributed by atoms with Crippen LogP contribution in [0.25, 0.3) is 22.2 Å². The second-order valence-electron chi connectivity index (χ2n) is 11.5. The fraction of sp³-hybridized carbons (Fsp3) is 0.441. The number of aliphatic hydroxyl groups is 1. The molecule has 0 atom stereocenters. The predicted molar refractivity (Wildman–Crippen MR) is 187 cm³/mol. The standard InChI is InChI=1S/C32H36ClN3O5S.C2H7NO.H2O/c1-18-12-19(2)30-21(13-18)14-24(36(30)17-28(37)38)31(39)35-32-34-29(22-15-26(41-4)23(33)16-25(22)40-3)27(42-32)11-10-20-8-6-5-7-9-20;3-1-2-4;/h12-16,20H,5-11,17H2,1-4H3,(H,37,38)(H,34,35,39);4H,1-3H2;1H2. The monoisotopic (exact) mass is 688 g/mol. The SMILES string of the molecule is COc1cc(-c2nc(NC(=O)c3cc4cc(C)cc(C)c4n3CC(=O)O)sc2CCC2CCCCC2)c(OC)cc1Cl.NCCO.O. The Hall–Kier alpha value is -3.68. The van der Waals surface area contributed by atoms with Crippen molar-refractivity contribution in [3.8, 4) is 22.8 Å². The van der Waals surface area contributed by atoms with Crippen molar-refractivity contribution in [3.63, 3.8) is 0 Å². The van der Waals surface area contributed by atoms with Gasteiger partial charge in [-0.2, -0.15) is 0 Å². The lowest BCUT2D eigenvalue weighted by Gasteiger charge is -2.21. The van der Waals surface area contributed by atoms with Gasteiger partial charge < -0.3 is 35.5 Å². The number of amides is 1. The highest BCUT2D eigenvalue weighted by Gasteiger charge is 2.24. The number of fused-ring (bicyclic) bond motifs is 1. The molecule has 2 heterocycles. The molecule has 0 aliphatic heterocycles. The summed E-state index contributed by atoms with van der Waals surface area (Å²) in [5, 5.41) is 22.0. The van der Waals surface area contributed by atoms with E-state index in [1.807, 2.05) is 32.0 Å². The van der Waals surface area contributed by atoms with Crippen LogP contribution in [0.15, 0.2) is 30.3 Å². The molecule has 47 heavy (non-hydrogen) atoms. The lowest BCUT2D eigenvalue weighted by molar-refractivity contribution is -0.137. The average Bonchev–Trinajstić information content (AvgIpc) is 3.60. The molecule has 0 unspecified atom stereocenters. The highest BCUT2D eigenvalue weighted by Crippen LogP contribution is 2.43. The molecule has 4 aromatic rings. The lowest BCUT2D eigenvalue weighted by Crippen LogP contribution is -2.20. The lowest BCUT2D eigenvalue weighted by atomic mass is 9.86. The Morgan fingerprint density at radius 1 is 1.09 bits per heavy atom. The van der Waals surface area contributed by atoms with Crippen LogP contribution < -0.4 is 20.5 Å². The highest BCUT2D eigenvalue weighted by molar-refractivity contribution is 7.16. The number of aliphatic carboxylic acids is 1. The zero-order valence-electron chi connectivity index (χ0n) is 27.3. The van der Waals surface area contributed by atoms with E-state index in [4.69, 9.17) is 36.9 Å². The Morgan fingerprint density at radius 2 is 1.77 bits per heavy atom. The van der Waals surface area contributed by atoms with Gasteiger partial charge in [0.25, 0.3) is 5.91 Å². The van der Waals surface area contributed by atoms with E-state index in [-0.39, 0.29) is 24.3 Å². The maximum Gasteiger partial charge on any atom is 0.323 e. The van der Waals surface area contributed by atoms with E-state index in [0.717, 1.165) is 51.0 Å². The zero-order chi connectivity index (χ0) is 33.4. The maximum absolute atomic E-state index is 13.7. The predicted octanol–water partition coefficient (Wildman–Crippen LogP) is 6.01. The number of ether oxygens (including phenoxy) is 2. The zero-order valence-corrected chi connectivity index (χ0v) is 28.9. The number of carbonyl (C=O) groups excluding carboxylic acids is 1. The Balaban J connectivity index is 0.00000114. The van der Waals surface area contributed by atoms with Crippen LogP contribution in [0.1, 0.15) is 65.0 Å². The number of carbonyl (C=O) groups is 2. The van der Waals surface area contributed by atoms with Gasteiger partial charge in [0, 0.05) is 28.4 Å². The number of nitrogens with zero attached hydrogens (tertiary/aromatic N) is 2. The summed E-state index contributed by atoms with van der Waals surface area (Å²) in [6.07, 6.45) is 8.18. The summed E-state index contributed by atoms with van der Waals surface area (Å²) in [6.45, 7) is 4.05. The van der Waals surface area contributed by atoms with Gasteiger partial charge in [-0.05, 0) is 56.4 Å². The van der Waals surface area contributed by atoms with E-state index in [9.17, 15) is 14.7 Å². The molecule has 7 N–H and O–H groups in total. The van der Waals surface area contributed by atoms with Gasteiger partial charge >= 0.3 is 5.97 Å². The molecule has 1 saturated carbocycles. The molecule has 0 radical (unpaired) electrons. The van der Waals surface area contributed by atoms with Crippen LogP contribution in [0.2, 0.25) is 5.02 Å². The van der Waals surface area contributed by atoms with E-state index in [1.54, 1.807) is 30.9 Å². The first-order chi connectivity index (χ1) is 22.1. The Labute approximate surface area is 284 Å². The average molecular weight is 689 g/mol. The van der Waals surface area contributed by atoms with Crippen molar-refractivity contribution in [3.05, 3.63) is 57.1 Å². The topological polar surface area (TPSA) is 180 Å². The van der Waals surface area contributed by atoms with Crippen molar-refractivity contribution >= 4 is 50.8 Å². The van der Waals surface area contributed by atoms with E-state index in [2.05, 4.69) is 5.32 Å². The first-order valence-corrected chi connectivity index (χ1v) is 16.7. The molecule has 1 fully saturated rings. The second-order valence-corrected chi connectivity index (χ2v) is 13.0. The quantitative estimate of drug-likeness (QED) is 0.148.